The van der Waals surface area contributed by atoms with Crippen LogP contribution in [0.1, 0.15) is 39.5 Å². The summed E-state index contributed by atoms with van der Waals surface area (Å²) in [6, 6.07) is 9.78. The zero-order valence-electron chi connectivity index (χ0n) is 15.8. The Morgan fingerprint density at radius 2 is 1.42 bits per heavy atom. The monoisotopic (exact) mass is 552 g/mol. The fourth-order valence-electron chi connectivity index (χ4n) is 1.42. The van der Waals surface area contributed by atoms with E-state index in [-0.39, 0.29) is 25.1 Å². The van der Waals surface area contributed by atoms with Gasteiger partial charge in [0, 0.05) is 0 Å². The molecule has 0 aliphatic heterocycles. The summed E-state index contributed by atoms with van der Waals surface area (Å²) >= 11 is -0.969. The summed E-state index contributed by atoms with van der Waals surface area (Å²) in [4.78, 5) is 10.8. The van der Waals surface area contributed by atoms with E-state index in [9.17, 15) is 4.79 Å². The average molecular weight is 550 g/mol. The maximum Gasteiger partial charge on any atom is -0.153 e. The van der Waals surface area contributed by atoms with E-state index >= 15 is 0 Å². The predicted octanol–water partition coefficient (Wildman–Crippen LogP) is 1.86. The zero-order valence-corrected chi connectivity index (χ0v) is 21.5. The van der Waals surface area contributed by atoms with Crippen molar-refractivity contribution in [1.29, 1.82) is 0 Å². The average Bonchev–Trinajstić information content (AvgIpc) is 2.66. The number of carbonyl (C=O) groups excluding carboxylic acids is 1. The van der Waals surface area contributed by atoms with Crippen LogP contribution in [0, 0.1) is 0 Å². The SMILES string of the molecule is CCC[CH2][Sn+2][CH2]CCC.CO[C](=O)[Sn+2][c]1ccccc1.C[O-].C[O-]. The van der Waals surface area contributed by atoms with E-state index < -0.39 is 21.1 Å². The third kappa shape index (κ3) is 24.5. The summed E-state index contributed by atoms with van der Waals surface area (Å²) in [6.07, 6.45) is 5.84. The van der Waals surface area contributed by atoms with E-state index in [0.29, 0.717) is 0 Å². The molecule has 0 atom stereocenters. The van der Waals surface area contributed by atoms with Crippen LogP contribution in [-0.4, -0.2) is 67.6 Å². The maximum atomic E-state index is 10.8. The van der Waals surface area contributed by atoms with Gasteiger partial charge in [-0.15, -0.1) is 0 Å². The van der Waals surface area contributed by atoms with Gasteiger partial charge in [-0.1, -0.05) is 0 Å². The van der Waals surface area contributed by atoms with Crippen LogP contribution in [-0.2, 0) is 4.74 Å². The van der Waals surface area contributed by atoms with Crippen LogP contribution in [0.15, 0.2) is 30.3 Å². The van der Waals surface area contributed by atoms with Gasteiger partial charge in [-0.25, -0.2) is 0 Å². The number of hydrogen-bond acceptors (Lipinski definition) is 4. The zero-order chi connectivity index (χ0) is 19.1. The summed E-state index contributed by atoms with van der Waals surface area (Å²) in [7, 11) is 2.94. The molecular weight excluding hydrogens is 518 g/mol. The van der Waals surface area contributed by atoms with Crippen molar-refractivity contribution in [2.45, 2.75) is 48.4 Å². The molecule has 0 heterocycles. The summed E-state index contributed by atoms with van der Waals surface area (Å²) in [5.41, 5.74) is 0. The molecule has 1 rings (SSSR count). The van der Waals surface area contributed by atoms with Crippen LogP contribution in [0.25, 0.3) is 0 Å². The number of carbonyl (C=O) groups is 1. The van der Waals surface area contributed by atoms with Crippen LogP contribution in [0.2, 0.25) is 8.87 Å². The van der Waals surface area contributed by atoms with E-state index in [2.05, 4.69) is 18.6 Å². The molecule has 6 heteroatoms. The molecule has 0 fully saturated rings. The van der Waals surface area contributed by atoms with E-state index in [0.717, 1.165) is 17.8 Å². The first-order valence-electron chi connectivity index (χ1n) is 8.16. The van der Waals surface area contributed by atoms with Crippen molar-refractivity contribution >= 4 is 49.8 Å². The maximum absolute atomic E-state index is 10.8. The molecule has 0 aliphatic carbocycles. The van der Waals surface area contributed by atoms with Gasteiger partial charge in [0.25, 0.3) is 0 Å². The van der Waals surface area contributed by atoms with Gasteiger partial charge in [-0.3, -0.25) is 0 Å². The van der Waals surface area contributed by atoms with Gasteiger partial charge in [-0.05, 0) is 0 Å². The Morgan fingerprint density at radius 1 is 0.958 bits per heavy atom. The first kappa shape index (κ1) is 29.0. The van der Waals surface area contributed by atoms with Gasteiger partial charge in [0.2, 0.25) is 0 Å². The van der Waals surface area contributed by atoms with Gasteiger partial charge in [0.1, 0.15) is 0 Å². The molecule has 0 bridgehead atoms. The number of ether oxygens (including phenoxy) is 1. The summed E-state index contributed by atoms with van der Waals surface area (Å²) in [5.74, 6) is 0. The number of benzene rings is 1. The first-order valence-corrected chi connectivity index (χ1v) is 15.1. The summed E-state index contributed by atoms with van der Waals surface area (Å²) in [5, 5.41) is 16.5. The van der Waals surface area contributed by atoms with Crippen molar-refractivity contribution in [3.05, 3.63) is 30.3 Å². The molecule has 134 valence electrons. The van der Waals surface area contributed by atoms with Crippen LogP contribution in [0.4, 0.5) is 4.79 Å². The van der Waals surface area contributed by atoms with Crippen LogP contribution >= 0.6 is 0 Å². The van der Waals surface area contributed by atoms with Crippen molar-refractivity contribution in [3.8, 4) is 0 Å². The molecular formula is C18H32O4Sn2+2. The van der Waals surface area contributed by atoms with Gasteiger partial charge >= 0.3 is 145 Å². The van der Waals surface area contributed by atoms with E-state index in [1.54, 1.807) is 8.87 Å². The number of unbranched alkanes of at least 4 members (excludes halogenated alkanes) is 2. The second-order valence-electron chi connectivity index (χ2n) is 4.44. The Morgan fingerprint density at radius 3 is 1.79 bits per heavy atom. The Kier molecular flexibility index (Phi) is 33.9. The molecule has 0 aromatic heterocycles. The Bertz CT molecular complexity index is 329. The minimum Gasteiger partial charge on any atom is -0.857 e. The smallest absolute Gasteiger partial charge is 0.153 e. The predicted molar refractivity (Wildman–Crippen MR) is 101 cm³/mol. The fraction of sp³-hybridized carbons (Fsp3) is 0.611. The molecule has 1 aromatic carbocycles. The number of hydrogen-bond donors (Lipinski definition) is 0. The minimum atomic E-state index is -1.12. The van der Waals surface area contributed by atoms with E-state index in [1.165, 1.54) is 32.8 Å². The molecule has 0 N–H and O–H groups in total. The van der Waals surface area contributed by atoms with Crippen LogP contribution < -0.4 is 13.8 Å². The van der Waals surface area contributed by atoms with Crippen LogP contribution in [0.5, 0.6) is 0 Å². The van der Waals surface area contributed by atoms with Crippen molar-refractivity contribution < 1.29 is 19.7 Å². The third-order valence-electron chi connectivity index (χ3n) is 2.62. The number of methoxy groups -OCH3 is 1. The second-order valence-corrected chi connectivity index (χ2v) is 12.2. The molecule has 0 amide bonds. The minimum absolute atomic E-state index is 0.0280. The van der Waals surface area contributed by atoms with E-state index in [1.807, 2.05) is 30.3 Å². The Balaban J connectivity index is -0.000000309. The second kappa shape index (κ2) is 28.0. The van der Waals surface area contributed by atoms with Gasteiger partial charge in [0.15, 0.2) is 0 Å². The third-order valence-corrected chi connectivity index (χ3v) is 9.60. The summed E-state index contributed by atoms with van der Waals surface area (Å²) < 4.78 is 8.97. The summed E-state index contributed by atoms with van der Waals surface area (Å²) in [6.45, 7) is 4.58. The topological polar surface area (TPSA) is 72.4 Å². The van der Waals surface area contributed by atoms with Crippen molar-refractivity contribution in [3.63, 3.8) is 0 Å². The molecule has 0 saturated carbocycles. The largest absolute Gasteiger partial charge is 0.857 e. The van der Waals surface area contributed by atoms with Crippen molar-refractivity contribution in [2.75, 3.05) is 21.3 Å². The molecule has 0 saturated heterocycles. The van der Waals surface area contributed by atoms with Crippen molar-refractivity contribution in [2.24, 2.45) is 0 Å². The first-order chi connectivity index (χ1) is 11.7. The Labute approximate surface area is 168 Å². The van der Waals surface area contributed by atoms with Gasteiger partial charge in [0.05, 0.1) is 0 Å². The van der Waals surface area contributed by atoms with Crippen molar-refractivity contribution in [1.82, 2.24) is 0 Å². The van der Waals surface area contributed by atoms with Crippen LogP contribution in [0.3, 0.4) is 0 Å². The molecule has 0 spiro atoms. The normalized spacial score (nSPS) is 7.79. The van der Waals surface area contributed by atoms with Gasteiger partial charge < -0.3 is 10.2 Å². The van der Waals surface area contributed by atoms with Gasteiger partial charge in [-0.2, -0.15) is 14.2 Å². The molecule has 24 heavy (non-hydrogen) atoms. The molecule has 4 nitrogen and oxygen atoms in total. The molecule has 0 unspecified atom stereocenters. The molecule has 0 aliphatic rings. The molecule has 1 aromatic rings. The fourth-order valence-corrected chi connectivity index (χ4v) is 7.57. The van der Waals surface area contributed by atoms with E-state index in [4.69, 9.17) is 10.2 Å². The molecule has 0 radical (unpaired) electrons. The Hall–Kier alpha value is 0.207. The quantitative estimate of drug-likeness (QED) is 0.367. The number of rotatable bonds is 8. The standard InChI is InChI=1S/C6H5.2C4H9.C2H3O2.2CH3O.2Sn/c1-2-4-6-5-3-1;2*1-3-4-2;1-4-2-3;2*1-2;;/h1-5H;2*1,3-4H2,2H3;1H3;2*1H3;;/q;;;;2*-1;2*+2.